The molecule has 1 heterocycles. The van der Waals surface area contributed by atoms with E-state index < -0.39 is 0 Å². The van der Waals surface area contributed by atoms with Gasteiger partial charge >= 0.3 is 0 Å². The van der Waals surface area contributed by atoms with Crippen LogP contribution in [0.1, 0.15) is 29.9 Å². The van der Waals surface area contributed by atoms with Gasteiger partial charge < -0.3 is 15.6 Å². The number of nitrogens with one attached hydrogen (secondary N) is 1. The average molecular weight is 362 g/mol. The third kappa shape index (κ3) is 5.05. The normalized spacial score (nSPS) is 13.1. The molecule has 1 aromatic heterocycles. The van der Waals surface area contributed by atoms with Gasteiger partial charge in [-0.05, 0) is 17.5 Å². The number of imidazole rings is 1. The van der Waals surface area contributed by atoms with E-state index in [0.717, 1.165) is 24.4 Å². The predicted molar refractivity (Wildman–Crippen MR) is 107 cm³/mol. The van der Waals surface area contributed by atoms with Crippen molar-refractivity contribution in [1.29, 1.82) is 0 Å². The van der Waals surface area contributed by atoms with Crippen molar-refractivity contribution in [1.82, 2.24) is 14.9 Å². The first kappa shape index (κ1) is 18.9. The first-order valence-electron chi connectivity index (χ1n) is 9.27. The van der Waals surface area contributed by atoms with Crippen LogP contribution >= 0.6 is 0 Å². The number of hydrogen-bond acceptors (Lipinski definition) is 3. The van der Waals surface area contributed by atoms with Gasteiger partial charge in [-0.2, -0.15) is 0 Å². The van der Waals surface area contributed by atoms with E-state index in [1.807, 2.05) is 61.7 Å². The molecule has 5 heteroatoms. The summed E-state index contributed by atoms with van der Waals surface area (Å²) in [5.74, 6) is 0.462. The molecule has 0 saturated carbocycles. The molecule has 3 rings (SSSR count). The minimum Gasteiger partial charge on any atom is -0.349 e. The summed E-state index contributed by atoms with van der Waals surface area (Å²) in [4.78, 5) is 16.9. The highest BCUT2D eigenvalue weighted by atomic mass is 16.1. The number of carbonyl (C=O) groups is 1. The number of nitrogens with zero attached hydrogens (tertiary/aromatic N) is 2. The zero-order chi connectivity index (χ0) is 19.1. The Morgan fingerprint density at radius 3 is 2.48 bits per heavy atom. The summed E-state index contributed by atoms with van der Waals surface area (Å²) in [7, 11) is 0. The minimum absolute atomic E-state index is 0.0658. The molecule has 3 N–H and O–H groups in total. The first-order valence-corrected chi connectivity index (χ1v) is 9.27. The van der Waals surface area contributed by atoms with Gasteiger partial charge in [-0.1, -0.05) is 67.6 Å². The van der Waals surface area contributed by atoms with Crippen molar-refractivity contribution in [2.45, 2.75) is 32.5 Å². The van der Waals surface area contributed by atoms with E-state index >= 15 is 0 Å². The minimum atomic E-state index is -0.330. The molecule has 3 aromatic rings. The van der Waals surface area contributed by atoms with Gasteiger partial charge in [0.1, 0.15) is 5.82 Å². The summed E-state index contributed by atoms with van der Waals surface area (Å²) in [5, 5.41) is 2.97. The number of carbonyl (C=O) groups excluding carboxylic acids is 1. The molecule has 1 amide bonds. The maximum Gasteiger partial charge on any atom is 0.225 e. The molecule has 0 aliphatic heterocycles. The highest BCUT2D eigenvalue weighted by molar-refractivity contribution is 5.79. The molecule has 0 aliphatic carbocycles. The van der Waals surface area contributed by atoms with Gasteiger partial charge in [0.25, 0.3) is 0 Å². The highest BCUT2D eigenvalue weighted by Gasteiger charge is 2.22. The van der Waals surface area contributed by atoms with E-state index in [4.69, 9.17) is 5.73 Å². The van der Waals surface area contributed by atoms with Crippen molar-refractivity contribution in [3.05, 3.63) is 90.0 Å². The standard InChI is InChI=1S/C22H26N4O/c1-17(21(23)19-10-6-3-7-11-19)22(27)25-16-20-24-13-15-26(20)14-12-18-8-4-2-5-9-18/h2-11,13,15,17,21H,12,14,16,23H2,1H3,(H,25,27). The number of aryl methyl sites for hydroxylation is 2. The summed E-state index contributed by atoms with van der Waals surface area (Å²) < 4.78 is 2.08. The molecule has 2 unspecified atom stereocenters. The molecule has 0 bridgehead atoms. The third-order valence-electron chi connectivity index (χ3n) is 4.84. The lowest BCUT2D eigenvalue weighted by Gasteiger charge is -2.20. The third-order valence-corrected chi connectivity index (χ3v) is 4.84. The SMILES string of the molecule is CC(C(=O)NCc1nccn1CCc1ccccc1)C(N)c1ccccc1. The molecule has 0 spiro atoms. The summed E-state index contributed by atoms with van der Waals surface area (Å²) in [5.41, 5.74) is 8.49. The first-order chi connectivity index (χ1) is 13.1. The van der Waals surface area contributed by atoms with Gasteiger partial charge in [-0.15, -0.1) is 0 Å². The van der Waals surface area contributed by atoms with Crippen molar-refractivity contribution in [3.63, 3.8) is 0 Å². The number of benzene rings is 2. The Bertz CT molecular complexity index is 845. The van der Waals surface area contributed by atoms with Gasteiger partial charge in [0, 0.05) is 25.0 Å². The summed E-state index contributed by atoms with van der Waals surface area (Å²) in [6, 6.07) is 19.7. The van der Waals surface area contributed by atoms with E-state index in [-0.39, 0.29) is 17.9 Å². The Hall–Kier alpha value is -2.92. The Labute approximate surface area is 160 Å². The predicted octanol–water partition coefficient (Wildman–Crippen LogP) is 3.08. The van der Waals surface area contributed by atoms with Gasteiger partial charge in [-0.25, -0.2) is 4.98 Å². The van der Waals surface area contributed by atoms with Gasteiger partial charge in [0.05, 0.1) is 12.5 Å². The topological polar surface area (TPSA) is 72.9 Å². The van der Waals surface area contributed by atoms with Crippen LogP contribution in [-0.4, -0.2) is 15.5 Å². The zero-order valence-corrected chi connectivity index (χ0v) is 15.6. The number of aromatic nitrogens is 2. The van der Waals surface area contributed by atoms with Gasteiger partial charge in [-0.3, -0.25) is 4.79 Å². The Morgan fingerprint density at radius 2 is 1.78 bits per heavy atom. The van der Waals surface area contributed by atoms with Crippen LogP contribution < -0.4 is 11.1 Å². The van der Waals surface area contributed by atoms with Crippen LogP contribution in [0.3, 0.4) is 0 Å². The summed E-state index contributed by atoms with van der Waals surface area (Å²) in [6.07, 6.45) is 4.64. The molecular formula is C22H26N4O. The summed E-state index contributed by atoms with van der Waals surface area (Å²) >= 11 is 0. The van der Waals surface area contributed by atoms with Crippen LogP contribution in [0.25, 0.3) is 0 Å². The van der Waals surface area contributed by atoms with E-state index in [1.165, 1.54) is 5.56 Å². The maximum atomic E-state index is 12.5. The second-order valence-electron chi connectivity index (χ2n) is 6.72. The number of hydrogen-bond donors (Lipinski definition) is 2. The monoisotopic (exact) mass is 362 g/mol. The highest BCUT2D eigenvalue weighted by Crippen LogP contribution is 2.19. The lowest BCUT2D eigenvalue weighted by Crippen LogP contribution is -2.35. The molecule has 2 aromatic carbocycles. The smallest absolute Gasteiger partial charge is 0.225 e. The quantitative estimate of drug-likeness (QED) is 0.647. The van der Waals surface area contributed by atoms with Gasteiger partial charge in [0.15, 0.2) is 0 Å². The molecule has 5 nitrogen and oxygen atoms in total. The lowest BCUT2D eigenvalue weighted by molar-refractivity contribution is -0.125. The van der Waals surface area contributed by atoms with Crippen molar-refractivity contribution < 1.29 is 4.79 Å². The summed E-state index contributed by atoms with van der Waals surface area (Å²) in [6.45, 7) is 3.08. The fourth-order valence-electron chi connectivity index (χ4n) is 3.06. The Balaban J connectivity index is 1.54. The maximum absolute atomic E-state index is 12.5. The number of rotatable bonds is 8. The second-order valence-corrected chi connectivity index (χ2v) is 6.72. The fourth-order valence-corrected chi connectivity index (χ4v) is 3.06. The lowest BCUT2D eigenvalue weighted by atomic mass is 9.95. The van der Waals surface area contributed by atoms with Crippen LogP contribution in [0, 0.1) is 5.92 Å². The van der Waals surface area contributed by atoms with Crippen molar-refractivity contribution in [2.75, 3.05) is 0 Å². The van der Waals surface area contributed by atoms with Crippen molar-refractivity contribution in [3.8, 4) is 0 Å². The van der Waals surface area contributed by atoms with E-state index in [9.17, 15) is 4.79 Å². The number of nitrogens with two attached hydrogens (primary N) is 1. The van der Waals surface area contributed by atoms with Crippen LogP contribution in [0.5, 0.6) is 0 Å². The van der Waals surface area contributed by atoms with E-state index in [1.54, 1.807) is 6.20 Å². The molecule has 0 saturated heterocycles. The van der Waals surface area contributed by atoms with Crippen LogP contribution in [-0.2, 0) is 24.3 Å². The van der Waals surface area contributed by atoms with Crippen molar-refractivity contribution in [2.24, 2.45) is 11.7 Å². The second kappa shape index (κ2) is 9.14. The Kier molecular flexibility index (Phi) is 6.39. The largest absolute Gasteiger partial charge is 0.349 e. The molecular weight excluding hydrogens is 336 g/mol. The average Bonchev–Trinajstić information content (AvgIpc) is 3.18. The fraction of sp³-hybridized carbons (Fsp3) is 0.273. The zero-order valence-electron chi connectivity index (χ0n) is 15.6. The Morgan fingerprint density at radius 1 is 1.11 bits per heavy atom. The molecule has 140 valence electrons. The van der Waals surface area contributed by atoms with Crippen LogP contribution in [0.4, 0.5) is 0 Å². The van der Waals surface area contributed by atoms with Gasteiger partial charge in [0.2, 0.25) is 5.91 Å². The molecule has 2 atom stereocenters. The molecule has 0 radical (unpaired) electrons. The van der Waals surface area contributed by atoms with Crippen molar-refractivity contribution >= 4 is 5.91 Å². The molecule has 0 fully saturated rings. The van der Waals surface area contributed by atoms with E-state index in [2.05, 4.69) is 27.0 Å². The molecule has 0 aliphatic rings. The molecule has 27 heavy (non-hydrogen) atoms. The van der Waals surface area contributed by atoms with Crippen LogP contribution in [0.2, 0.25) is 0 Å². The van der Waals surface area contributed by atoms with Crippen LogP contribution in [0.15, 0.2) is 73.1 Å². The number of amides is 1. The van der Waals surface area contributed by atoms with E-state index in [0.29, 0.717) is 6.54 Å².